The van der Waals surface area contributed by atoms with Crippen LogP contribution in [-0.4, -0.2) is 51.8 Å². The molecule has 0 aliphatic carbocycles. The van der Waals surface area contributed by atoms with Gasteiger partial charge in [0.2, 0.25) is 0 Å². The second-order valence-corrected chi connectivity index (χ2v) is 7.03. The quantitative estimate of drug-likeness (QED) is 0.744. The molecule has 0 radical (unpaired) electrons. The Morgan fingerprint density at radius 1 is 1.32 bits per heavy atom. The van der Waals surface area contributed by atoms with Crippen LogP contribution in [0, 0.1) is 6.92 Å². The number of aromatic nitrogens is 2. The molecule has 1 aromatic carbocycles. The molecule has 1 aromatic heterocycles. The van der Waals surface area contributed by atoms with Gasteiger partial charge in [-0.05, 0) is 25.5 Å². The highest BCUT2D eigenvalue weighted by molar-refractivity contribution is 6.33. The van der Waals surface area contributed by atoms with E-state index < -0.39 is 24.0 Å². The van der Waals surface area contributed by atoms with E-state index in [1.807, 2.05) is 18.2 Å². The molecule has 2 aromatic rings. The van der Waals surface area contributed by atoms with Crippen molar-refractivity contribution in [2.75, 3.05) is 13.1 Å². The van der Waals surface area contributed by atoms with Gasteiger partial charge in [0.25, 0.3) is 5.91 Å². The summed E-state index contributed by atoms with van der Waals surface area (Å²) in [6.07, 6.45) is -1.14. The van der Waals surface area contributed by atoms with Gasteiger partial charge in [0.15, 0.2) is 6.10 Å². The van der Waals surface area contributed by atoms with Gasteiger partial charge < -0.3 is 10.1 Å². The zero-order valence-electron chi connectivity index (χ0n) is 15.2. The predicted octanol–water partition coefficient (Wildman–Crippen LogP) is 2.64. The first-order chi connectivity index (χ1) is 13.3. The Kier molecular flexibility index (Phi) is 5.90. The van der Waals surface area contributed by atoms with Crippen molar-refractivity contribution in [2.45, 2.75) is 26.5 Å². The fraction of sp³-hybridized carbons (Fsp3) is 0.333. The molecule has 1 aliphatic rings. The standard InChI is InChI=1S/C18H18Cl2N4O4/c1-10-14(15(20)24(22-10)9-12-5-3-4-6-13(12)19)17(26)28-11(2)16(25)23-8-7-21-18(23)27/h3-6,11H,7-9H2,1-2H3,(H,21,27). The van der Waals surface area contributed by atoms with E-state index in [0.29, 0.717) is 17.3 Å². The van der Waals surface area contributed by atoms with E-state index in [1.165, 1.54) is 11.6 Å². The number of imide groups is 1. The third-order valence-electron chi connectivity index (χ3n) is 4.30. The maximum Gasteiger partial charge on any atom is 0.343 e. The summed E-state index contributed by atoms with van der Waals surface area (Å²) in [6, 6.07) is 6.72. The molecule has 1 atom stereocenters. The molecule has 2 heterocycles. The van der Waals surface area contributed by atoms with Gasteiger partial charge in [-0.1, -0.05) is 41.4 Å². The van der Waals surface area contributed by atoms with E-state index in [4.69, 9.17) is 27.9 Å². The monoisotopic (exact) mass is 424 g/mol. The molecular weight excluding hydrogens is 407 g/mol. The summed E-state index contributed by atoms with van der Waals surface area (Å²) in [5, 5.41) is 7.43. The molecule has 1 aliphatic heterocycles. The van der Waals surface area contributed by atoms with Gasteiger partial charge in [0, 0.05) is 18.1 Å². The number of amides is 3. The number of carbonyl (C=O) groups is 3. The summed E-state index contributed by atoms with van der Waals surface area (Å²) >= 11 is 12.5. The lowest BCUT2D eigenvalue weighted by Gasteiger charge is -2.18. The number of carbonyl (C=O) groups excluding carboxylic acids is 3. The Hall–Kier alpha value is -2.58. The number of hydrogen-bond donors (Lipinski definition) is 1. The highest BCUT2D eigenvalue weighted by atomic mass is 35.5. The average molecular weight is 425 g/mol. The van der Waals surface area contributed by atoms with Crippen LogP contribution in [0.5, 0.6) is 0 Å². The molecule has 148 valence electrons. The van der Waals surface area contributed by atoms with Gasteiger partial charge in [-0.3, -0.25) is 9.69 Å². The number of esters is 1. The van der Waals surface area contributed by atoms with Gasteiger partial charge in [-0.15, -0.1) is 0 Å². The largest absolute Gasteiger partial charge is 0.449 e. The van der Waals surface area contributed by atoms with Crippen molar-refractivity contribution in [3.8, 4) is 0 Å². The summed E-state index contributed by atoms with van der Waals surface area (Å²) in [5.41, 5.74) is 1.22. The van der Waals surface area contributed by atoms with Crippen LogP contribution in [0.4, 0.5) is 4.79 Å². The Labute approximate surface area is 171 Å². The van der Waals surface area contributed by atoms with Gasteiger partial charge in [0.05, 0.1) is 12.2 Å². The van der Waals surface area contributed by atoms with Crippen molar-refractivity contribution in [3.63, 3.8) is 0 Å². The molecule has 3 rings (SSSR count). The number of nitrogens with zero attached hydrogens (tertiary/aromatic N) is 3. The van der Waals surface area contributed by atoms with Crippen molar-refractivity contribution in [1.29, 1.82) is 0 Å². The van der Waals surface area contributed by atoms with Crippen LogP contribution in [0.3, 0.4) is 0 Å². The SMILES string of the molecule is Cc1nn(Cc2ccccc2Cl)c(Cl)c1C(=O)OC(C)C(=O)N1CCNC1=O. The number of urea groups is 1. The van der Waals surface area contributed by atoms with Crippen LogP contribution in [0.1, 0.15) is 28.5 Å². The lowest BCUT2D eigenvalue weighted by molar-refractivity contribution is -0.136. The predicted molar refractivity (Wildman–Crippen MR) is 103 cm³/mol. The molecule has 0 saturated carbocycles. The number of rotatable bonds is 5. The molecular formula is C18H18Cl2N4O4. The number of aryl methyl sites for hydroxylation is 1. The topological polar surface area (TPSA) is 93.5 Å². The number of halogens is 2. The number of hydrogen-bond acceptors (Lipinski definition) is 5. The zero-order valence-corrected chi connectivity index (χ0v) is 16.8. The maximum absolute atomic E-state index is 12.6. The van der Waals surface area contributed by atoms with Crippen LogP contribution in [0.25, 0.3) is 0 Å². The fourth-order valence-electron chi connectivity index (χ4n) is 2.85. The zero-order chi connectivity index (χ0) is 20.4. The average Bonchev–Trinajstić information content (AvgIpc) is 3.19. The highest BCUT2D eigenvalue weighted by Gasteiger charge is 2.33. The molecule has 10 heteroatoms. The minimum absolute atomic E-state index is 0.0687. The summed E-state index contributed by atoms with van der Waals surface area (Å²) in [6.45, 7) is 3.89. The Morgan fingerprint density at radius 2 is 2.04 bits per heavy atom. The van der Waals surface area contributed by atoms with Crippen molar-refractivity contribution >= 4 is 41.1 Å². The minimum Gasteiger partial charge on any atom is -0.449 e. The summed E-state index contributed by atoms with van der Waals surface area (Å²) in [7, 11) is 0. The lowest BCUT2D eigenvalue weighted by Crippen LogP contribution is -2.41. The first kappa shape index (κ1) is 20.2. The van der Waals surface area contributed by atoms with Crippen LogP contribution in [-0.2, 0) is 16.1 Å². The van der Waals surface area contributed by atoms with Crippen LogP contribution < -0.4 is 5.32 Å². The van der Waals surface area contributed by atoms with Gasteiger partial charge >= 0.3 is 12.0 Å². The van der Waals surface area contributed by atoms with E-state index in [0.717, 1.165) is 10.5 Å². The highest BCUT2D eigenvalue weighted by Crippen LogP contribution is 2.24. The molecule has 3 amide bonds. The lowest BCUT2D eigenvalue weighted by atomic mass is 10.2. The van der Waals surface area contributed by atoms with Crippen molar-refractivity contribution in [3.05, 3.63) is 51.3 Å². The second kappa shape index (κ2) is 8.20. The summed E-state index contributed by atoms with van der Waals surface area (Å²) < 4.78 is 6.67. The van der Waals surface area contributed by atoms with E-state index in [9.17, 15) is 14.4 Å². The first-order valence-electron chi connectivity index (χ1n) is 8.56. The van der Waals surface area contributed by atoms with E-state index in [-0.39, 0.29) is 23.8 Å². The maximum atomic E-state index is 12.6. The van der Waals surface area contributed by atoms with Crippen LogP contribution >= 0.6 is 23.2 Å². The number of ether oxygens (including phenoxy) is 1. The fourth-order valence-corrected chi connectivity index (χ4v) is 3.36. The molecule has 1 saturated heterocycles. The van der Waals surface area contributed by atoms with Crippen molar-refractivity contribution in [1.82, 2.24) is 20.0 Å². The van der Waals surface area contributed by atoms with Crippen molar-refractivity contribution < 1.29 is 19.1 Å². The number of benzene rings is 1. The number of nitrogens with one attached hydrogen (secondary N) is 1. The third kappa shape index (κ3) is 3.98. The molecule has 1 N–H and O–H groups in total. The van der Waals surface area contributed by atoms with E-state index in [1.54, 1.807) is 13.0 Å². The minimum atomic E-state index is -1.14. The molecule has 1 unspecified atom stereocenters. The van der Waals surface area contributed by atoms with Crippen LogP contribution in [0.2, 0.25) is 10.2 Å². The molecule has 1 fully saturated rings. The van der Waals surface area contributed by atoms with E-state index >= 15 is 0 Å². The summed E-state index contributed by atoms with van der Waals surface area (Å²) in [5.74, 6) is -1.38. The van der Waals surface area contributed by atoms with Gasteiger partial charge in [0.1, 0.15) is 10.7 Å². The molecule has 28 heavy (non-hydrogen) atoms. The third-order valence-corrected chi connectivity index (χ3v) is 5.05. The molecule has 0 bridgehead atoms. The van der Waals surface area contributed by atoms with Gasteiger partial charge in [-0.2, -0.15) is 5.10 Å². The second-order valence-electron chi connectivity index (χ2n) is 6.27. The normalized spacial score (nSPS) is 14.7. The van der Waals surface area contributed by atoms with Crippen LogP contribution in [0.15, 0.2) is 24.3 Å². The molecule has 8 nitrogen and oxygen atoms in total. The Balaban J connectivity index is 1.75. The van der Waals surface area contributed by atoms with E-state index in [2.05, 4.69) is 10.4 Å². The Morgan fingerprint density at radius 3 is 2.68 bits per heavy atom. The molecule has 0 spiro atoms. The van der Waals surface area contributed by atoms with Crippen molar-refractivity contribution in [2.24, 2.45) is 0 Å². The summed E-state index contributed by atoms with van der Waals surface area (Å²) in [4.78, 5) is 37.5. The first-order valence-corrected chi connectivity index (χ1v) is 9.31. The smallest absolute Gasteiger partial charge is 0.343 e. The van der Waals surface area contributed by atoms with Gasteiger partial charge in [-0.25, -0.2) is 14.3 Å². The Bertz CT molecular complexity index is 944.